The molecule has 48 heavy (non-hydrogen) atoms. The minimum Gasteiger partial charge on any atom is -0.508 e. The van der Waals surface area contributed by atoms with Crippen LogP contribution in [-0.4, -0.2) is 78.7 Å². The molecule has 3 aliphatic rings. The Hall–Kier alpha value is -2.47. The average Bonchev–Trinajstić information content (AvgIpc) is 3.40. The van der Waals surface area contributed by atoms with Crippen LogP contribution in [0.15, 0.2) is 52.7 Å². The first kappa shape index (κ1) is 36.8. The van der Waals surface area contributed by atoms with Gasteiger partial charge in [0.25, 0.3) is 0 Å². The molecule has 2 aromatic carbocycles. The van der Waals surface area contributed by atoms with Crippen molar-refractivity contribution in [2.75, 3.05) is 26.7 Å². The van der Waals surface area contributed by atoms with Crippen molar-refractivity contribution in [3.8, 4) is 11.5 Å². The van der Waals surface area contributed by atoms with Crippen molar-refractivity contribution >= 4 is 45.7 Å². The second-order valence-electron chi connectivity index (χ2n) is 13.5. The molecule has 0 spiro atoms. The molecular formula is C33H47N5O7P2S. The highest BCUT2D eigenvalue weighted by atomic mass is 32.1. The van der Waals surface area contributed by atoms with Crippen molar-refractivity contribution in [2.45, 2.75) is 69.3 Å². The number of aromatic hydroxyl groups is 1. The van der Waals surface area contributed by atoms with Gasteiger partial charge < -0.3 is 34.5 Å². The largest absolute Gasteiger partial charge is 0.508 e. The standard InChI is InChI=1S/C33H47N5O7P2S/c1-32-14-13-27-26-10-8-24(39)20-23(26)7-9-28(27)29(32)11-12-30(32)35-37-31(48)36-34-21-22-5-3-6-25(19-22)45-18-4-16-38(2)17-15-33(40,46-41)47(42,43)44/h3,5-6,8,10,19-21,27-29,39-41,46H,4,7,9,11-18H2,1-2H3,(H2,36,37,48)(H2,42,43,44)/b34-21+,35-30+. The lowest BCUT2D eigenvalue weighted by Crippen LogP contribution is -2.43. The Morgan fingerprint density at radius 2 is 2.00 bits per heavy atom. The number of phenolic OH excluding ortho intramolecular Hbond substituents is 1. The SMILES string of the molecule is CN(CCCOc1cccc(/C=N/NC(=S)N/N=C2\CCC3C4CCc5cc(O)ccc5C4CCC23C)c1)CCC(O)(PO)P(=O)(O)O. The molecule has 5 rings (SSSR count). The lowest BCUT2D eigenvalue weighted by atomic mass is 9.55. The molecule has 2 saturated carbocycles. The minimum atomic E-state index is -4.83. The summed E-state index contributed by atoms with van der Waals surface area (Å²) in [7, 11) is -4.33. The van der Waals surface area contributed by atoms with Crippen molar-refractivity contribution in [2.24, 2.45) is 27.5 Å². The molecule has 0 radical (unpaired) electrons. The first-order chi connectivity index (χ1) is 22.8. The van der Waals surface area contributed by atoms with Crippen LogP contribution in [0.2, 0.25) is 0 Å². The van der Waals surface area contributed by atoms with Crippen LogP contribution in [0.5, 0.6) is 11.5 Å². The number of thiocarbonyl (C=S) groups is 1. The zero-order valence-corrected chi connectivity index (χ0v) is 30.1. The second kappa shape index (κ2) is 15.6. The summed E-state index contributed by atoms with van der Waals surface area (Å²) in [5, 5.41) is 27.0. The number of rotatable bonds is 13. The van der Waals surface area contributed by atoms with Gasteiger partial charge >= 0.3 is 7.60 Å². The first-order valence-electron chi connectivity index (χ1n) is 16.4. The average molecular weight is 720 g/mol. The van der Waals surface area contributed by atoms with Gasteiger partial charge in [-0.3, -0.25) is 15.4 Å². The van der Waals surface area contributed by atoms with Crippen LogP contribution in [0.3, 0.4) is 0 Å². The number of fused-ring (bicyclic) bond motifs is 5. The van der Waals surface area contributed by atoms with Gasteiger partial charge in [0.2, 0.25) is 10.2 Å². The number of aliphatic hydroxyl groups is 1. The molecule has 6 atom stereocenters. The maximum Gasteiger partial charge on any atom is 0.363 e. The topological polar surface area (TPSA) is 179 Å². The van der Waals surface area contributed by atoms with E-state index in [2.05, 4.69) is 28.9 Å². The molecule has 0 heterocycles. The van der Waals surface area contributed by atoms with E-state index in [1.807, 2.05) is 41.3 Å². The Kier molecular flexibility index (Phi) is 12.0. The molecule has 0 saturated heterocycles. The highest BCUT2D eigenvalue weighted by Crippen LogP contribution is 2.60. The Bertz CT molecular complexity index is 1570. The van der Waals surface area contributed by atoms with E-state index in [4.69, 9.17) is 22.1 Å². The van der Waals surface area contributed by atoms with Gasteiger partial charge in [0.1, 0.15) is 11.5 Å². The lowest BCUT2D eigenvalue weighted by Gasteiger charge is -2.49. The first-order valence-corrected chi connectivity index (χ1v) is 19.4. The quantitative estimate of drug-likeness (QED) is 0.0506. The Balaban J connectivity index is 1.05. The Morgan fingerprint density at radius 3 is 2.77 bits per heavy atom. The van der Waals surface area contributed by atoms with Gasteiger partial charge in [-0.25, -0.2) is 0 Å². The molecule has 15 heteroatoms. The summed E-state index contributed by atoms with van der Waals surface area (Å²) in [6, 6.07) is 13.4. The molecule has 7 N–H and O–H groups in total. The molecule has 12 nitrogen and oxygen atoms in total. The number of hydrogen-bond acceptors (Lipinski definition) is 9. The molecular weight excluding hydrogens is 672 g/mol. The van der Waals surface area contributed by atoms with Crippen molar-refractivity contribution < 1.29 is 34.2 Å². The smallest absolute Gasteiger partial charge is 0.363 e. The molecule has 2 fully saturated rings. The van der Waals surface area contributed by atoms with Gasteiger partial charge in [-0.15, -0.1) is 0 Å². The van der Waals surface area contributed by atoms with Crippen molar-refractivity contribution in [1.29, 1.82) is 0 Å². The maximum absolute atomic E-state index is 11.5. The van der Waals surface area contributed by atoms with Gasteiger partial charge in [-0.05, 0) is 123 Å². The van der Waals surface area contributed by atoms with Crippen LogP contribution < -0.4 is 15.6 Å². The predicted octanol–water partition coefficient (Wildman–Crippen LogP) is 4.60. The number of nitrogens with one attached hydrogen (secondary N) is 2. The van der Waals surface area contributed by atoms with Crippen LogP contribution in [-0.2, 0) is 11.0 Å². The summed E-state index contributed by atoms with van der Waals surface area (Å²) in [5.74, 6) is 2.80. The minimum absolute atomic E-state index is 0.0501. The van der Waals surface area contributed by atoms with Crippen LogP contribution in [0.4, 0.5) is 0 Å². The summed E-state index contributed by atoms with van der Waals surface area (Å²) >= 11 is 5.46. The van der Waals surface area contributed by atoms with E-state index in [-0.39, 0.29) is 18.4 Å². The van der Waals surface area contributed by atoms with Crippen LogP contribution in [0.25, 0.3) is 0 Å². The van der Waals surface area contributed by atoms with E-state index < -0.39 is 21.5 Å². The third kappa shape index (κ3) is 8.45. The van der Waals surface area contributed by atoms with Gasteiger partial charge in [0.15, 0.2) is 0 Å². The van der Waals surface area contributed by atoms with Crippen molar-refractivity contribution in [3.05, 3.63) is 59.2 Å². The van der Waals surface area contributed by atoms with Gasteiger partial charge in [0.05, 0.1) is 21.6 Å². The molecule has 6 unspecified atom stereocenters. The van der Waals surface area contributed by atoms with Crippen molar-refractivity contribution in [3.63, 3.8) is 0 Å². The van der Waals surface area contributed by atoms with E-state index >= 15 is 0 Å². The highest BCUT2D eigenvalue weighted by molar-refractivity contribution is 7.80. The molecule has 3 aliphatic carbocycles. The number of aryl methyl sites for hydroxylation is 1. The highest BCUT2D eigenvalue weighted by Gasteiger charge is 2.53. The van der Waals surface area contributed by atoms with E-state index in [1.165, 1.54) is 16.8 Å². The van der Waals surface area contributed by atoms with Crippen LogP contribution in [0.1, 0.15) is 74.5 Å². The van der Waals surface area contributed by atoms with Crippen molar-refractivity contribution in [1.82, 2.24) is 15.8 Å². The van der Waals surface area contributed by atoms with Gasteiger partial charge in [-0.2, -0.15) is 10.2 Å². The second-order valence-corrected chi connectivity index (χ2v) is 17.2. The van der Waals surface area contributed by atoms with E-state index in [0.717, 1.165) is 44.1 Å². The van der Waals surface area contributed by atoms with E-state index in [0.29, 0.717) is 53.9 Å². The fourth-order valence-corrected chi connectivity index (χ4v) is 9.02. The fraction of sp³-hybridized carbons (Fsp3) is 0.545. The number of hydrogen-bond donors (Lipinski definition) is 7. The van der Waals surface area contributed by atoms with Gasteiger partial charge in [-0.1, -0.05) is 25.1 Å². The zero-order chi connectivity index (χ0) is 34.5. The molecule has 0 aromatic heterocycles. The number of ether oxygens (including phenoxy) is 1. The molecule has 262 valence electrons. The maximum atomic E-state index is 11.5. The van der Waals surface area contributed by atoms with Crippen LogP contribution >= 0.6 is 28.6 Å². The van der Waals surface area contributed by atoms with E-state index in [9.17, 15) is 29.5 Å². The predicted molar refractivity (Wildman–Crippen MR) is 193 cm³/mol. The third-order valence-electron chi connectivity index (χ3n) is 10.4. The fourth-order valence-electron chi connectivity index (χ4n) is 7.78. The summed E-state index contributed by atoms with van der Waals surface area (Å²) in [6.07, 6.45) is 8.54. The Morgan fingerprint density at radius 1 is 1.19 bits per heavy atom. The summed E-state index contributed by atoms with van der Waals surface area (Å²) in [6.45, 7) is 3.57. The summed E-state index contributed by atoms with van der Waals surface area (Å²) in [5.41, 5.74) is 10.7. The van der Waals surface area contributed by atoms with Gasteiger partial charge in [0, 0.05) is 30.6 Å². The number of phenols is 1. The zero-order valence-electron chi connectivity index (χ0n) is 27.4. The number of nitrogens with zero attached hydrogens (tertiary/aromatic N) is 3. The summed E-state index contributed by atoms with van der Waals surface area (Å²) in [4.78, 5) is 29.7. The number of hydrazone groups is 2. The monoisotopic (exact) mass is 719 g/mol. The van der Waals surface area contributed by atoms with E-state index in [1.54, 1.807) is 13.3 Å². The molecule has 0 aliphatic heterocycles. The molecule has 2 aromatic rings. The number of benzene rings is 2. The van der Waals surface area contributed by atoms with Crippen LogP contribution in [0, 0.1) is 17.3 Å². The normalized spacial score (nSPS) is 26.0. The summed E-state index contributed by atoms with van der Waals surface area (Å²) < 4.78 is 17.3. The lowest BCUT2D eigenvalue weighted by molar-refractivity contribution is 0.0954. The molecule has 0 amide bonds. The third-order valence-corrected chi connectivity index (χ3v) is 13.6. The molecule has 0 bridgehead atoms. The Labute approximate surface area is 289 Å².